The first-order valence-corrected chi connectivity index (χ1v) is 51.2. The maximum atomic E-state index is 2.89. The summed E-state index contributed by atoms with van der Waals surface area (Å²) < 4.78 is 0. The van der Waals surface area contributed by atoms with Gasteiger partial charge in [-0.25, -0.2) is 0 Å². The topological polar surface area (TPSA) is 0 Å². The van der Waals surface area contributed by atoms with E-state index in [-0.39, 0.29) is 86.6 Å². The third-order valence-electron chi connectivity index (χ3n) is 36.8. The van der Waals surface area contributed by atoms with Crippen LogP contribution in [0.2, 0.25) is 0 Å². The molecule has 0 spiro atoms. The Morgan fingerprint density at radius 1 is 0.207 bits per heavy atom. The molecule has 0 N–H and O–H groups in total. The van der Waals surface area contributed by atoms with E-state index in [1.807, 2.05) is 0 Å². The Morgan fingerprint density at radius 3 is 0.534 bits per heavy atom. The van der Waals surface area contributed by atoms with E-state index in [2.05, 4.69) is 326 Å². The number of hydrogen-bond acceptors (Lipinski definition) is 4. The van der Waals surface area contributed by atoms with Crippen molar-refractivity contribution in [1.82, 2.24) is 0 Å². The molecule has 4 aromatic carbocycles. The summed E-state index contributed by atoms with van der Waals surface area (Å²) >= 11 is 8.54. The molecule has 0 unspecified atom stereocenters. The van der Waals surface area contributed by atoms with Crippen molar-refractivity contribution in [2.45, 2.75) is 462 Å². The zero-order chi connectivity index (χ0) is 84.2. The molecule has 8 aromatic rings. The maximum absolute atomic E-state index is 2.89. The van der Waals surface area contributed by atoms with Crippen LogP contribution < -0.4 is 0 Å². The predicted molar refractivity (Wildman–Crippen MR) is 515 cm³/mol. The van der Waals surface area contributed by atoms with Gasteiger partial charge in [-0.15, -0.1) is 45.3 Å². The SMILES string of the molecule is CCC1(CC)CC(C)(C)c2c1cc1c(c2-c2csc(-c3sc(-c4cc(-c5c6c(cc7c5C(C)(C)CC7(CC)CC)C(CC)(CC)CC6(C)C)c(-c5cc(-c6c7c(cc8c6C(C)(C)CC8(CC)CC)C(CC)(CC)CC7(C)C)cs5)s4)cc3-c3c4c(cc5c3C(C)(C)CC5(CC)CC)C(CC)(CC)CC4(C)C)c2)C(C)(C)CC1(CC)CC. The molecule has 0 fully saturated rings. The molecule has 0 bridgehead atoms. The molecule has 0 saturated heterocycles. The molecule has 4 aromatic heterocycles. The molecule has 4 heteroatoms. The van der Waals surface area contributed by atoms with Crippen molar-refractivity contribution in [2.75, 3.05) is 0 Å². The molecule has 0 atom stereocenters. The van der Waals surface area contributed by atoms with E-state index in [0.717, 1.165) is 51.4 Å². The lowest BCUT2D eigenvalue weighted by atomic mass is 9.71. The van der Waals surface area contributed by atoms with Gasteiger partial charge in [-0.3, -0.25) is 0 Å². The average molecular weight is 1630 g/mol. The normalized spacial score (nSPS) is 23.0. The summed E-state index contributed by atoms with van der Waals surface area (Å²) in [4.78, 5) is 8.81. The zero-order valence-corrected chi connectivity index (χ0v) is 82.6. The van der Waals surface area contributed by atoms with Crippen LogP contribution in [0.15, 0.2) is 59.3 Å². The molecule has 626 valence electrons. The van der Waals surface area contributed by atoms with E-state index in [9.17, 15) is 0 Å². The van der Waals surface area contributed by atoms with Gasteiger partial charge in [-0.2, -0.15) is 0 Å². The van der Waals surface area contributed by atoms with Gasteiger partial charge in [0.25, 0.3) is 0 Å². The van der Waals surface area contributed by atoms with Crippen LogP contribution in [0, 0.1) is 0 Å². The van der Waals surface area contributed by atoms with E-state index in [0.29, 0.717) is 0 Å². The molecule has 8 aliphatic rings. The average Bonchev–Trinajstić information content (AvgIpc) is 1.55. The molecule has 116 heavy (non-hydrogen) atoms. The third kappa shape index (κ3) is 11.4. The first-order valence-electron chi connectivity index (χ1n) is 47.8. The summed E-state index contributed by atoms with van der Waals surface area (Å²) in [7, 11) is 0. The first-order chi connectivity index (χ1) is 54.4. The van der Waals surface area contributed by atoms with Gasteiger partial charge in [0.05, 0.1) is 9.75 Å². The highest BCUT2D eigenvalue weighted by molar-refractivity contribution is 7.29. The number of hydrogen-bond donors (Lipinski definition) is 0. The monoisotopic (exact) mass is 1630 g/mol. The van der Waals surface area contributed by atoms with Crippen LogP contribution in [-0.2, 0) is 86.6 Å². The van der Waals surface area contributed by atoms with Crippen LogP contribution in [0.5, 0.6) is 0 Å². The standard InChI is InChI=1S/C112H154S4/c1-33-105(34-2)59-97(17,18)87-71(105)53-72-88(98(19,20)60-106(72,35-3)36-4)83(87)67-49-81(113-57-67)95-69(85-91-75(109(41-9,42-10)63-101(91,25)26)55-76-92(85)102(27,28)64-110(76,43-11)44-12)51-79(115-95)80-52-70(86-93-77(111(45-13,46-14)65-103(93,29)30)56-78-94(86)104(31,32)66-112(78,47-15)48-16)96(116-80)82-50-68(58-114-82)84-89-73(107(37-5,38-6)61-99(89,21)22)54-74-90(84)100(23,24)62-108(74,39-7)40-8/h49-58H,33-48,59-66H2,1-32H3. The van der Waals surface area contributed by atoms with Crippen LogP contribution >= 0.6 is 45.3 Å². The molecule has 0 radical (unpaired) electrons. The van der Waals surface area contributed by atoms with Crippen molar-refractivity contribution in [1.29, 1.82) is 0 Å². The molecule has 8 aliphatic carbocycles. The third-order valence-corrected chi connectivity index (χ3v) is 41.5. The van der Waals surface area contributed by atoms with Crippen molar-refractivity contribution in [3.63, 3.8) is 0 Å². The smallest absolute Gasteiger partial charge is 0.0528 e. The number of benzene rings is 4. The number of rotatable bonds is 23. The van der Waals surface area contributed by atoms with Gasteiger partial charge in [0, 0.05) is 30.6 Å². The summed E-state index contributed by atoms with van der Waals surface area (Å²) in [5.41, 5.74) is 40.3. The van der Waals surface area contributed by atoms with Gasteiger partial charge >= 0.3 is 0 Å². The molecule has 0 nitrogen and oxygen atoms in total. The highest BCUT2D eigenvalue weighted by Crippen LogP contribution is 2.72. The second-order valence-electron chi connectivity index (χ2n) is 45.9. The fourth-order valence-electron chi connectivity index (χ4n) is 31.0. The summed E-state index contributed by atoms with van der Waals surface area (Å²) in [6, 6.07) is 22.9. The Balaban J connectivity index is 1.05. The molecular formula is C112H154S4. The molecule has 16 rings (SSSR count). The summed E-state index contributed by atoms with van der Waals surface area (Å²) in [6.07, 6.45) is 28.4. The molecule has 4 heterocycles. The van der Waals surface area contributed by atoms with Gasteiger partial charge < -0.3 is 0 Å². The summed E-state index contributed by atoms with van der Waals surface area (Å²) in [5, 5.41) is 5.40. The van der Waals surface area contributed by atoms with Crippen LogP contribution in [-0.4, -0.2) is 0 Å². The second-order valence-corrected chi connectivity index (χ2v) is 49.8. The second kappa shape index (κ2) is 27.6. The fraction of sp³-hybridized carbons (Fsp3) is 0.643. The molecular weight excluding hydrogens is 1470 g/mol. The van der Waals surface area contributed by atoms with Crippen molar-refractivity contribution < 1.29 is 0 Å². The summed E-state index contributed by atoms with van der Waals surface area (Å²) in [5.74, 6) is 0. The fourth-order valence-corrected chi connectivity index (χ4v) is 35.5. The van der Waals surface area contributed by atoms with Crippen molar-refractivity contribution in [3.8, 4) is 73.8 Å². The van der Waals surface area contributed by atoms with Crippen LogP contribution in [0.25, 0.3) is 73.8 Å². The van der Waals surface area contributed by atoms with E-state index < -0.39 is 0 Å². The van der Waals surface area contributed by atoms with E-state index in [1.54, 1.807) is 111 Å². The number of fused-ring (bicyclic) bond motifs is 8. The van der Waals surface area contributed by atoms with E-state index >= 15 is 0 Å². The predicted octanol–water partition coefficient (Wildman–Crippen LogP) is 35.5. The largest absolute Gasteiger partial charge is 0.142 e. The van der Waals surface area contributed by atoms with Crippen molar-refractivity contribution >= 4 is 45.3 Å². The van der Waals surface area contributed by atoms with Crippen LogP contribution in [0.3, 0.4) is 0 Å². The number of thiophene rings is 4. The van der Waals surface area contributed by atoms with Crippen molar-refractivity contribution in [3.05, 3.63) is 148 Å². The molecule has 0 amide bonds. The maximum Gasteiger partial charge on any atom is 0.0528 e. The Morgan fingerprint density at radius 2 is 0.371 bits per heavy atom. The lowest BCUT2D eigenvalue weighted by molar-refractivity contribution is 0.322. The van der Waals surface area contributed by atoms with Crippen LogP contribution in [0.1, 0.15) is 465 Å². The lowest BCUT2D eigenvalue weighted by Gasteiger charge is -2.32. The van der Waals surface area contributed by atoms with Gasteiger partial charge in [-0.05, 0) is 398 Å². The quantitative estimate of drug-likeness (QED) is 0.0599. The minimum Gasteiger partial charge on any atom is -0.142 e. The molecule has 0 saturated carbocycles. The Kier molecular flexibility index (Phi) is 20.3. The van der Waals surface area contributed by atoms with E-state index in [4.69, 9.17) is 0 Å². The lowest BCUT2D eigenvalue weighted by Crippen LogP contribution is -2.26. The van der Waals surface area contributed by atoms with Gasteiger partial charge in [0.15, 0.2) is 0 Å². The Labute approximate surface area is 724 Å². The first kappa shape index (κ1) is 85.3. The minimum atomic E-state index is -0.0390. The van der Waals surface area contributed by atoms with Gasteiger partial charge in [0.2, 0.25) is 0 Å². The van der Waals surface area contributed by atoms with Gasteiger partial charge in [0.1, 0.15) is 0 Å². The highest BCUT2D eigenvalue weighted by Gasteiger charge is 2.60. The van der Waals surface area contributed by atoms with E-state index in [1.165, 1.54) is 154 Å². The highest BCUT2D eigenvalue weighted by atomic mass is 32.1. The van der Waals surface area contributed by atoms with Crippen LogP contribution in [0.4, 0.5) is 0 Å². The molecule has 0 aliphatic heterocycles. The zero-order valence-electron chi connectivity index (χ0n) is 79.4. The Bertz CT molecular complexity index is 4680. The minimum absolute atomic E-state index is 0.0259. The Hall–Kier alpha value is -4.32. The summed E-state index contributed by atoms with van der Waals surface area (Å²) in [6.45, 7) is 83.0. The van der Waals surface area contributed by atoms with Crippen molar-refractivity contribution in [2.24, 2.45) is 0 Å². The van der Waals surface area contributed by atoms with Gasteiger partial charge in [-0.1, -0.05) is 246 Å².